The van der Waals surface area contributed by atoms with E-state index in [1.165, 1.54) is 25.2 Å². The van der Waals surface area contributed by atoms with Gasteiger partial charge in [-0.25, -0.2) is 0 Å². The van der Waals surface area contributed by atoms with Gasteiger partial charge in [-0.05, 0) is 38.2 Å². The molecule has 2 aromatic rings. The molecule has 1 aliphatic rings. The molecule has 1 fully saturated rings. The Morgan fingerprint density at radius 1 is 1.09 bits per heavy atom. The van der Waals surface area contributed by atoms with E-state index >= 15 is 0 Å². The van der Waals surface area contributed by atoms with E-state index in [1.807, 2.05) is 20.8 Å². The minimum absolute atomic E-state index is 0.0913. The number of carbonyl (C=O) groups is 2. The lowest BCUT2D eigenvalue weighted by Crippen LogP contribution is -2.38. The Kier molecular flexibility index (Phi) is 7.83. The third kappa shape index (κ3) is 4.59. The van der Waals surface area contributed by atoms with Crippen LogP contribution in [0.25, 0.3) is 5.76 Å². The molecule has 34 heavy (non-hydrogen) atoms. The summed E-state index contributed by atoms with van der Waals surface area (Å²) in [5, 5.41) is 21.7. The first-order valence-electron chi connectivity index (χ1n) is 11.3. The van der Waals surface area contributed by atoms with Gasteiger partial charge in [-0.2, -0.15) is 0 Å². The van der Waals surface area contributed by atoms with Crippen LogP contribution < -0.4 is 9.47 Å². The number of carbonyl (C=O) groups excluding carboxylic acids is 2. The maximum Gasteiger partial charge on any atom is 0.295 e. The molecule has 8 nitrogen and oxygen atoms in total. The zero-order chi connectivity index (χ0) is 25.0. The highest BCUT2D eigenvalue weighted by molar-refractivity contribution is 6.46. The number of rotatable bonds is 9. The van der Waals surface area contributed by atoms with Gasteiger partial charge in [-0.3, -0.25) is 9.59 Å². The van der Waals surface area contributed by atoms with Crippen LogP contribution in [0.15, 0.2) is 42.0 Å². The van der Waals surface area contributed by atoms with Crippen molar-refractivity contribution in [3.63, 3.8) is 0 Å². The number of phenolic OH excluding ortho intramolecular Hbond substituents is 1. The fourth-order valence-corrected chi connectivity index (χ4v) is 4.33. The van der Waals surface area contributed by atoms with E-state index in [1.54, 1.807) is 30.3 Å². The number of ketones is 1. The lowest BCUT2D eigenvalue weighted by Gasteiger charge is -2.29. The number of aromatic hydroxyl groups is 1. The maximum absolute atomic E-state index is 13.3. The van der Waals surface area contributed by atoms with Crippen molar-refractivity contribution in [3.05, 3.63) is 58.7 Å². The zero-order valence-corrected chi connectivity index (χ0v) is 20.3. The van der Waals surface area contributed by atoms with E-state index in [4.69, 9.17) is 9.47 Å². The number of aliphatic hydroxyl groups excluding tert-OH is 1. The molecule has 1 aliphatic heterocycles. The first kappa shape index (κ1) is 25.1. The van der Waals surface area contributed by atoms with Gasteiger partial charge in [0.2, 0.25) is 0 Å². The number of likely N-dealkylation sites (tertiary alicyclic amines) is 1. The lowest BCUT2D eigenvalue weighted by atomic mass is 9.93. The van der Waals surface area contributed by atoms with Gasteiger partial charge in [0, 0.05) is 18.7 Å². The highest BCUT2D eigenvalue weighted by atomic mass is 16.5. The smallest absolute Gasteiger partial charge is 0.295 e. The molecule has 0 spiro atoms. The van der Waals surface area contributed by atoms with Gasteiger partial charge in [0.15, 0.2) is 11.5 Å². The molecule has 1 saturated heterocycles. The van der Waals surface area contributed by atoms with E-state index in [0.29, 0.717) is 23.6 Å². The summed E-state index contributed by atoms with van der Waals surface area (Å²) in [4.78, 5) is 30.1. The van der Waals surface area contributed by atoms with Crippen molar-refractivity contribution in [1.82, 2.24) is 9.80 Å². The molecular formula is C26H32N2O6. The molecule has 3 rings (SSSR count). The third-order valence-electron chi connectivity index (χ3n) is 6.23. The van der Waals surface area contributed by atoms with Crippen molar-refractivity contribution in [2.75, 3.05) is 40.4 Å². The highest BCUT2D eigenvalue weighted by Crippen LogP contribution is 2.46. The fourth-order valence-electron chi connectivity index (χ4n) is 4.33. The summed E-state index contributed by atoms with van der Waals surface area (Å²) in [6.07, 6.45) is 0. The number of aryl methyl sites for hydroxylation is 1. The maximum atomic E-state index is 13.3. The second kappa shape index (κ2) is 10.6. The molecule has 2 aromatic carbocycles. The summed E-state index contributed by atoms with van der Waals surface area (Å²) in [7, 11) is 2.99. The van der Waals surface area contributed by atoms with Gasteiger partial charge in [-0.1, -0.05) is 37.6 Å². The molecule has 0 aromatic heterocycles. The van der Waals surface area contributed by atoms with E-state index < -0.39 is 23.5 Å². The molecule has 0 saturated carbocycles. The zero-order valence-electron chi connectivity index (χ0n) is 20.3. The van der Waals surface area contributed by atoms with Crippen LogP contribution in [0, 0.1) is 6.92 Å². The monoisotopic (exact) mass is 468 g/mol. The normalized spacial score (nSPS) is 17.5. The minimum atomic E-state index is -0.916. The van der Waals surface area contributed by atoms with Crippen molar-refractivity contribution >= 4 is 17.4 Å². The third-order valence-corrected chi connectivity index (χ3v) is 6.23. The number of phenols is 1. The predicted molar refractivity (Wildman–Crippen MR) is 129 cm³/mol. The van der Waals surface area contributed by atoms with Crippen LogP contribution in [-0.4, -0.2) is 72.1 Å². The van der Waals surface area contributed by atoms with E-state index in [9.17, 15) is 19.8 Å². The van der Waals surface area contributed by atoms with Crippen LogP contribution in [-0.2, 0) is 9.59 Å². The Balaban J connectivity index is 2.25. The molecule has 0 radical (unpaired) electrons. The molecule has 0 bridgehead atoms. The Morgan fingerprint density at radius 3 is 2.41 bits per heavy atom. The summed E-state index contributed by atoms with van der Waals surface area (Å²) in [5.74, 6) is -1.34. The Labute approximate surface area is 200 Å². The molecule has 0 aliphatic carbocycles. The molecule has 2 N–H and O–H groups in total. The summed E-state index contributed by atoms with van der Waals surface area (Å²) in [5.41, 5.74) is 1.28. The average Bonchev–Trinajstić information content (AvgIpc) is 3.09. The number of likely N-dealkylation sites (N-methyl/N-ethyl adjacent to an activating group) is 1. The minimum Gasteiger partial charge on any atom is -0.507 e. The fraction of sp³-hybridized carbons (Fsp3) is 0.385. The largest absolute Gasteiger partial charge is 0.507 e. The average molecular weight is 469 g/mol. The topological polar surface area (TPSA) is 99.5 Å². The molecule has 1 atom stereocenters. The number of Topliss-reactive ketones (excluding diaryl/α,β-unsaturated/α-hetero) is 1. The number of amides is 1. The Bertz CT molecular complexity index is 1110. The number of para-hydroxylation sites is 1. The van der Waals surface area contributed by atoms with Crippen LogP contribution in [0.5, 0.6) is 17.2 Å². The van der Waals surface area contributed by atoms with Crippen molar-refractivity contribution in [3.8, 4) is 17.2 Å². The van der Waals surface area contributed by atoms with Crippen LogP contribution in [0.1, 0.15) is 36.6 Å². The van der Waals surface area contributed by atoms with Crippen LogP contribution in [0.4, 0.5) is 0 Å². The van der Waals surface area contributed by atoms with E-state index in [0.717, 1.165) is 18.7 Å². The van der Waals surface area contributed by atoms with Gasteiger partial charge < -0.3 is 29.5 Å². The standard InChI is InChI=1S/C26H32N2O6/c1-6-27(7-2)13-14-28-22(17-9-8-10-20(33-4)25(17)34-5)21(24(31)26(28)32)23(30)18-15-16(3)11-12-19(18)29/h8-12,15,22,29-30H,6-7,13-14H2,1-5H3/t22-/m1/s1. The molecule has 1 heterocycles. The van der Waals surface area contributed by atoms with Gasteiger partial charge in [0.25, 0.3) is 11.7 Å². The molecular weight excluding hydrogens is 436 g/mol. The number of aliphatic hydroxyl groups is 1. The van der Waals surface area contributed by atoms with Gasteiger partial charge >= 0.3 is 0 Å². The molecule has 8 heteroatoms. The summed E-state index contributed by atoms with van der Waals surface area (Å²) in [6.45, 7) is 8.28. The second-order valence-corrected chi connectivity index (χ2v) is 8.12. The number of benzene rings is 2. The van der Waals surface area contributed by atoms with Crippen molar-refractivity contribution in [2.24, 2.45) is 0 Å². The molecule has 0 unspecified atom stereocenters. The first-order valence-corrected chi connectivity index (χ1v) is 11.3. The predicted octanol–water partition coefficient (Wildman–Crippen LogP) is 3.48. The molecule has 182 valence electrons. The van der Waals surface area contributed by atoms with Gasteiger partial charge in [0.1, 0.15) is 11.5 Å². The molecule has 1 amide bonds. The lowest BCUT2D eigenvalue weighted by molar-refractivity contribution is -0.140. The quantitative estimate of drug-likeness (QED) is 0.330. The summed E-state index contributed by atoms with van der Waals surface area (Å²) >= 11 is 0. The SMILES string of the molecule is CCN(CC)CCN1C(=O)C(=O)C(=C(O)c2cc(C)ccc2O)[C@H]1c1cccc(OC)c1OC. The van der Waals surface area contributed by atoms with Crippen molar-refractivity contribution < 1.29 is 29.3 Å². The van der Waals surface area contributed by atoms with Gasteiger partial charge in [0.05, 0.1) is 31.4 Å². The number of nitrogens with zero attached hydrogens (tertiary/aromatic N) is 2. The van der Waals surface area contributed by atoms with Crippen molar-refractivity contribution in [2.45, 2.75) is 26.8 Å². The summed E-state index contributed by atoms with van der Waals surface area (Å²) < 4.78 is 11.0. The van der Waals surface area contributed by atoms with Crippen LogP contribution in [0.2, 0.25) is 0 Å². The number of ether oxygens (including phenoxy) is 2. The van der Waals surface area contributed by atoms with Crippen molar-refractivity contribution in [1.29, 1.82) is 0 Å². The van der Waals surface area contributed by atoms with Gasteiger partial charge in [-0.15, -0.1) is 0 Å². The summed E-state index contributed by atoms with van der Waals surface area (Å²) in [6, 6.07) is 9.00. The Hall–Kier alpha value is -3.52. The second-order valence-electron chi connectivity index (χ2n) is 8.12. The van der Waals surface area contributed by atoms with Crippen LogP contribution in [0.3, 0.4) is 0 Å². The Morgan fingerprint density at radius 2 is 1.79 bits per heavy atom. The van der Waals surface area contributed by atoms with E-state index in [-0.39, 0.29) is 23.4 Å². The number of hydrogen-bond donors (Lipinski definition) is 2. The highest BCUT2D eigenvalue weighted by Gasteiger charge is 2.47. The first-order chi connectivity index (χ1) is 16.3. The number of hydrogen-bond acceptors (Lipinski definition) is 7. The van der Waals surface area contributed by atoms with Crippen LogP contribution >= 0.6 is 0 Å². The number of methoxy groups -OCH3 is 2. The van der Waals surface area contributed by atoms with E-state index in [2.05, 4.69) is 4.90 Å².